The first kappa shape index (κ1) is 16.1. The third kappa shape index (κ3) is 3.23. The molecular formula is C21H23N3O. The number of hydrogen-bond acceptors (Lipinski definition) is 4. The first-order valence-corrected chi connectivity index (χ1v) is 8.80. The van der Waals surface area contributed by atoms with Crippen LogP contribution in [0.3, 0.4) is 0 Å². The van der Waals surface area contributed by atoms with E-state index in [0.717, 1.165) is 49.4 Å². The predicted octanol–water partition coefficient (Wildman–Crippen LogP) is 3.32. The lowest BCUT2D eigenvalue weighted by atomic mass is 9.95. The zero-order chi connectivity index (χ0) is 17.1. The van der Waals surface area contributed by atoms with E-state index in [1.165, 1.54) is 16.7 Å². The van der Waals surface area contributed by atoms with Crippen LogP contribution in [0.2, 0.25) is 0 Å². The second-order valence-electron chi connectivity index (χ2n) is 6.40. The van der Waals surface area contributed by atoms with Crippen molar-refractivity contribution in [3.63, 3.8) is 0 Å². The number of methoxy groups -OCH3 is 1. The Hall–Kier alpha value is -2.43. The summed E-state index contributed by atoms with van der Waals surface area (Å²) in [5, 5.41) is 4.55. The molecule has 0 spiro atoms. The van der Waals surface area contributed by atoms with E-state index in [1.807, 2.05) is 18.3 Å². The fourth-order valence-corrected chi connectivity index (χ4v) is 3.58. The molecule has 1 aromatic heterocycles. The van der Waals surface area contributed by atoms with Crippen LogP contribution < -0.4 is 10.1 Å². The molecule has 4 nitrogen and oxygen atoms in total. The van der Waals surface area contributed by atoms with Crippen molar-refractivity contribution in [2.75, 3.05) is 33.3 Å². The van der Waals surface area contributed by atoms with E-state index in [0.29, 0.717) is 0 Å². The summed E-state index contributed by atoms with van der Waals surface area (Å²) in [6.07, 6.45) is 1.82. The molecule has 1 fully saturated rings. The van der Waals surface area contributed by atoms with E-state index in [-0.39, 0.29) is 0 Å². The molecule has 4 heteroatoms. The number of rotatable bonds is 4. The van der Waals surface area contributed by atoms with Gasteiger partial charge in [-0.1, -0.05) is 30.3 Å². The van der Waals surface area contributed by atoms with Gasteiger partial charge in [0.05, 0.1) is 7.11 Å². The minimum Gasteiger partial charge on any atom is -0.494 e. The van der Waals surface area contributed by atoms with E-state index in [2.05, 4.69) is 51.6 Å². The quantitative estimate of drug-likeness (QED) is 0.795. The Labute approximate surface area is 148 Å². The highest BCUT2D eigenvalue weighted by molar-refractivity contribution is 5.98. The Morgan fingerprint density at radius 2 is 1.84 bits per heavy atom. The maximum Gasteiger partial charge on any atom is 0.145 e. The van der Waals surface area contributed by atoms with Crippen LogP contribution in [0.15, 0.2) is 54.7 Å². The van der Waals surface area contributed by atoms with Crippen LogP contribution >= 0.6 is 0 Å². The van der Waals surface area contributed by atoms with Crippen LogP contribution in [-0.4, -0.2) is 43.2 Å². The standard InChI is InChI=1S/C21H23N3O/c1-25-20-9-8-18(19-7-4-10-23-21(19)20)17-6-3-2-5-16(17)15-24-13-11-22-12-14-24/h2-10,22H,11-15H2,1H3. The van der Waals surface area contributed by atoms with E-state index < -0.39 is 0 Å². The molecule has 1 saturated heterocycles. The molecule has 1 aliphatic rings. The Morgan fingerprint density at radius 1 is 1.00 bits per heavy atom. The predicted molar refractivity (Wildman–Crippen MR) is 102 cm³/mol. The molecule has 1 N–H and O–H groups in total. The number of hydrogen-bond donors (Lipinski definition) is 1. The van der Waals surface area contributed by atoms with Crippen molar-refractivity contribution in [3.05, 3.63) is 60.3 Å². The van der Waals surface area contributed by atoms with Crippen molar-refractivity contribution in [1.29, 1.82) is 0 Å². The molecule has 0 saturated carbocycles. The first-order chi connectivity index (χ1) is 12.4. The fourth-order valence-electron chi connectivity index (χ4n) is 3.58. The SMILES string of the molecule is COc1ccc(-c2ccccc2CN2CCNCC2)c2cccnc12. The summed E-state index contributed by atoms with van der Waals surface area (Å²) in [4.78, 5) is 7.05. The van der Waals surface area contributed by atoms with Crippen LogP contribution in [0, 0.1) is 0 Å². The molecule has 1 aliphatic heterocycles. The van der Waals surface area contributed by atoms with Crippen molar-refractivity contribution in [3.8, 4) is 16.9 Å². The van der Waals surface area contributed by atoms with Gasteiger partial charge in [0.25, 0.3) is 0 Å². The molecule has 0 bridgehead atoms. The topological polar surface area (TPSA) is 37.4 Å². The van der Waals surface area contributed by atoms with Crippen LogP contribution in [0.1, 0.15) is 5.56 Å². The third-order valence-corrected chi connectivity index (χ3v) is 4.86. The highest BCUT2D eigenvalue weighted by atomic mass is 16.5. The summed E-state index contributed by atoms with van der Waals surface area (Å²) in [5.41, 5.74) is 4.77. The summed E-state index contributed by atoms with van der Waals surface area (Å²) in [5.74, 6) is 0.818. The van der Waals surface area contributed by atoms with Crippen molar-refractivity contribution in [2.24, 2.45) is 0 Å². The molecule has 128 valence electrons. The Balaban J connectivity index is 1.79. The molecule has 4 rings (SSSR count). The minimum atomic E-state index is 0.818. The van der Waals surface area contributed by atoms with Gasteiger partial charge in [0, 0.05) is 44.3 Å². The maximum absolute atomic E-state index is 5.49. The molecular weight excluding hydrogens is 310 g/mol. The normalized spacial score (nSPS) is 15.4. The van der Waals surface area contributed by atoms with E-state index in [1.54, 1.807) is 7.11 Å². The maximum atomic E-state index is 5.49. The summed E-state index contributed by atoms with van der Waals surface area (Å²) < 4.78 is 5.49. The highest BCUT2D eigenvalue weighted by Crippen LogP contribution is 2.35. The van der Waals surface area contributed by atoms with Crippen molar-refractivity contribution in [2.45, 2.75) is 6.54 Å². The smallest absolute Gasteiger partial charge is 0.145 e. The molecule has 3 aromatic rings. The number of ether oxygens (including phenoxy) is 1. The average Bonchev–Trinajstić information content (AvgIpc) is 2.68. The Morgan fingerprint density at radius 3 is 2.68 bits per heavy atom. The Bertz CT molecular complexity index is 872. The third-order valence-electron chi connectivity index (χ3n) is 4.86. The number of pyridine rings is 1. The van der Waals surface area contributed by atoms with Crippen LogP contribution in [0.25, 0.3) is 22.0 Å². The largest absolute Gasteiger partial charge is 0.494 e. The van der Waals surface area contributed by atoms with Gasteiger partial charge in [-0.05, 0) is 34.9 Å². The van der Waals surface area contributed by atoms with Crippen LogP contribution in [0.4, 0.5) is 0 Å². The molecule has 2 heterocycles. The van der Waals surface area contributed by atoms with Gasteiger partial charge in [-0.25, -0.2) is 0 Å². The monoisotopic (exact) mass is 333 g/mol. The van der Waals surface area contributed by atoms with Crippen LogP contribution in [-0.2, 0) is 6.54 Å². The number of piperazine rings is 1. The van der Waals surface area contributed by atoms with E-state index >= 15 is 0 Å². The number of nitrogens with zero attached hydrogens (tertiary/aromatic N) is 2. The number of benzene rings is 2. The van der Waals surface area contributed by atoms with Crippen molar-refractivity contribution < 1.29 is 4.74 Å². The molecule has 0 radical (unpaired) electrons. The highest BCUT2D eigenvalue weighted by Gasteiger charge is 2.15. The number of fused-ring (bicyclic) bond motifs is 1. The molecule has 0 unspecified atom stereocenters. The molecule has 25 heavy (non-hydrogen) atoms. The van der Waals surface area contributed by atoms with Gasteiger partial charge < -0.3 is 10.1 Å². The number of aromatic nitrogens is 1. The lowest BCUT2D eigenvalue weighted by Gasteiger charge is -2.28. The Kier molecular flexibility index (Phi) is 4.63. The first-order valence-electron chi connectivity index (χ1n) is 8.80. The zero-order valence-electron chi connectivity index (χ0n) is 14.5. The van der Waals surface area contributed by atoms with E-state index in [9.17, 15) is 0 Å². The molecule has 0 atom stereocenters. The fraction of sp³-hybridized carbons (Fsp3) is 0.286. The van der Waals surface area contributed by atoms with Crippen molar-refractivity contribution >= 4 is 10.9 Å². The lowest BCUT2D eigenvalue weighted by molar-refractivity contribution is 0.233. The van der Waals surface area contributed by atoms with Gasteiger partial charge in [0.2, 0.25) is 0 Å². The summed E-state index contributed by atoms with van der Waals surface area (Å²) >= 11 is 0. The molecule has 2 aromatic carbocycles. The summed E-state index contributed by atoms with van der Waals surface area (Å²) in [6, 6.07) is 17.0. The summed E-state index contributed by atoms with van der Waals surface area (Å²) in [7, 11) is 1.70. The van der Waals surface area contributed by atoms with Gasteiger partial charge in [-0.3, -0.25) is 9.88 Å². The van der Waals surface area contributed by atoms with Gasteiger partial charge >= 0.3 is 0 Å². The van der Waals surface area contributed by atoms with Gasteiger partial charge in [-0.15, -0.1) is 0 Å². The van der Waals surface area contributed by atoms with Crippen molar-refractivity contribution in [1.82, 2.24) is 15.2 Å². The second-order valence-corrected chi connectivity index (χ2v) is 6.40. The van der Waals surface area contributed by atoms with Crippen LogP contribution in [0.5, 0.6) is 5.75 Å². The average molecular weight is 333 g/mol. The molecule has 0 aliphatic carbocycles. The summed E-state index contributed by atoms with van der Waals surface area (Å²) in [6.45, 7) is 5.30. The lowest BCUT2D eigenvalue weighted by Crippen LogP contribution is -2.42. The minimum absolute atomic E-state index is 0.818. The second kappa shape index (κ2) is 7.21. The zero-order valence-corrected chi connectivity index (χ0v) is 14.5. The number of nitrogens with one attached hydrogen (secondary N) is 1. The molecule has 0 amide bonds. The van der Waals surface area contributed by atoms with Gasteiger partial charge in [0.15, 0.2) is 0 Å². The van der Waals surface area contributed by atoms with Gasteiger partial charge in [0.1, 0.15) is 11.3 Å². The van der Waals surface area contributed by atoms with Gasteiger partial charge in [-0.2, -0.15) is 0 Å². The van der Waals surface area contributed by atoms with E-state index in [4.69, 9.17) is 4.74 Å².